The summed E-state index contributed by atoms with van der Waals surface area (Å²) in [6, 6.07) is 21.0. The maximum absolute atomic E-state index is 8.89. The van der Waals surface area contributed by atoms with Crippen LogP contribution in [-0.2, 0) is 13.1 Å². The molecule has 1 aromatic heterocycles. The molecule has 3 nitrogen and oxygen atoms in total. The Morgan fingerprint density at radius 1 is 0.724 bits per heavy atom. The summed E-state index contributed by atoms with van der Waals surface area (Å²) in [5.74, 6) is 0. The van der Waals surface area contributed by atoms with Gasteiger partial charge in [0.1, 0.15) is 0 Å². The Bertz CT molecular complexity index is 1140. The molecule has 3 aromatic carbocycles. The molecule has 0 fully saturated rings. The average Bonchev–Trinajstić information content (AvgIpc) is 2.92. The van der Waals surface area contributed by atoms with Crippen LogP contribution in [0.1, 0.15) is 22.3 Å². The van der Waals surface area contributed by atoms with Crippen molar-refractivity contribution in [3.8, 4) is 0 Å². The smallest absolute Gasteiger partial charge is 0.203 e. The van der Waals surface area contributed by atoms with Gasteiger partial charge in [0, 0.05) is 8.95 Å². The lowest BCUT2D eigenvalue weighted by molar-refractivity contribution is 0.662. The Morgan fingerprint density at radius 3 is 1.52 bits per heavy atom. The third kappa shape index (κ3) is 4.44. The van der Waals surface area contributed by atoms with Crippen LogP contribution in [0.25, 0.3) is 11.0 Å². The highest BCUT2D eigenvalue weighted by Crippen LogP contribution is 2.23. The normalized spacial score (nSPS) is 10.9. The minimum absolute atomic E-state index is 0. The molecule has 6 heteroatoms. The summed E-state index contributed by atoms with van der Waals surface area (Å²) in [5.41, 5.74) is 7.43. The van der Waals surface area contributed by atoms with Gasteiger partial charge in [-0.1, -0.05) is 68.3 Å². The summed E-state index contributed by atoms with van der Waals surface area (Å²) in [6.45, 7) is 5.48. The van der Waals surface area contributed by atoms with Crippen molar-refractivity contribution in [3.63, 3.8) is 0 Å². The first kappa shape index (κ1) is 22.1. The first-order valence-electron chi connectivity index (χ1n) is 9.17. The van der Waals surface area contributed by atoms with E-state index >= 15 is 0 Å². The van der Waals surface area contributed by atoms with Gasteiger partial charge in [-0.2, -0.15) is 0 Å². The fourth-order valence-corrected chi connectivity index (χ4v) is 4.75. The number of fused-ring (bicyclic) bond motifs is 1. The Labute approximate surface area is 197 Å². The number of aromatic nitrogens is 2. The molecule has 150 valence electrons. The van der Waals surface area contributed by atoms with E-state index < -0.39 is 0 Å². The molecule has 0 bridgehead atoms. The number of para-hydroxylation sites is 2. The lowest BCUT2D eigenvalue weighted by Gasteiger charge is -2.09. The van der Waals surface area contributed by atoms with Crippen molar-refractivity contribution in [2.24, 2.45) is 0 Å². The highest BCUT2D eigenvalue weighted by molar-refractivity contribution is 9.10. The molecule has 29 heavy (non-hydrogen) atoms. The van der Waals surface area contributed by atoms with Crippen molar-refractivity contribution >= 4 is 59.9 Å². The van der Waals surface area contributed by atoms with Gasteiger partial charge in [-0.25, -0.2) is 0 Å². The lowest BCUT2D eigenvalue weighted by atomic mass is 10.1. The predicted molar refractivity (Wildman–Crippen MR) is 132 cm³/mol. The summed E-state index contributed by atoms with van der Waals surface area (Å²) >= 11 is 7.37. The van der Waals surface area contributed by atoms with Crippen molar-refractivity contribution < 1.29 is 0 Å². The second-order valence-electron chi connectivity index (χ2n) is 7.17. The third-order valence-electron chi connectivity index (χ3n) is 5.05. The van der Waals surface area contributed by atoms with Crippen molar-refractivity contribution in [3.05, 3.63) is 97.5 Å². The van der Waals surface area contributed by atoms with Crippen LogP contribution < -0.4 is 5.62 Å². The second-order valence-corrected chi connectivity index (χ2v) is 8.88. The molecule has 0 radical (unpaired) electrons. The number of nitrogens with zero attached hydrogens (tertiary/aromatic N) is 2. The topological polar surface area (TPSA) is 33.7 Å². The summed E-state index contributed by atoms with van der Waals surface area (Å²) in [4.78, 5) is 0. The maximum atomic E-state index is 8.89. The van der Waals surface area contributed by atoms with E-state index in [1.54, 1.807) is 0 Å². The number of rotatable bonds is 4. The van der Waals surface area contributed by atoms with Gasteiger partial charge in [-0.3, -0.25) is 5.41 Å². The van der Waals surface area contributed by atoms with Gasteiger partial charge >= 0.3 is 0 Å². The van der Waals surface area contributed by atoms with Crippen LogP contribution in [0, 0.1) is 19.3 Å². The molecule has 0 saturated heterocycles. The first-order valence-corrected chi connectivity index (χ1v) is 10.8. The zero-order valence-corrected chi connectivity index (χ0v) is 21.1. The van der Waals surface area contributed by atoms with Crippen LogP contribution in [0.2, 0.25) is 0 Å². The van der Waals surface area contributed by atoms with E-state index in [2.05, 4.69) is 103 Å². The van der Waals surface area contributed by atoms with Gasteiger partial charge in [0.2, 0.25) is 5.62 Å². The predicted octanol–water partition coefficient (Wildman–Crippen LogP) is 6.74. The van der Waals surface area contributed by atoms with Crippen molar-refractivity contribution in [1.29, 1.82) is 5.41 Å². The number of aryl methyl sites for hydroxylation is 2. The van der Waals surface area contributed by atoms with E-state index in [0.717, 1.165) is 20.0 Å². The maximum Gasteiger partial charge on any atom is 0.203 e. The summed E-state index contributed by atoms with van der Waals surface area (Å²) in [6.07, 6.45) is 0. The Kier molecular flexibility index (Phi) is 6.87. The zero-order chi connectivity index (χ0) is 19.8. The minimum Gasteiger partial charge on any atom is -0.306 e. The molecule has 0 saturated carbocycles. The van der Waals surface area contributed by atoms with Gasteiger partial charge in [-0.15, -0.1) is 17.0 Å². The molecule has 0 amide bonds. The van der Waals surface area contributed by atoms with Gasteiger partial charge < -0.3 is 9.13 Å². The standard InChI is InChI=1S/C23H21Br2N3.BrH/c1-15-7-9-17(19(24)11-15)13-27-21-5-3-4-6-22(21)28(23(27)26)14-18-10-8-16(2)12-20(18)25;/h3-12,26H,13-14H2,1-2H3;1H. The Morgan fingerprint density at radius 2 is 1.14 bits per heavy atom. The quantitative estimate of drug-likeness (QED) is 0.278. The molecule has 0 aliphatic carbocycles. The van der Waals surface area contributed by atoms with E-state index in [-0.39, 0.29) is 17.0 Å². The number of halogens is 3. The number of imidazole rings is 1. The van der Waals surface area contributed by atoms with Crippen molar-refractivity contribution in [2.45, 2.75) is 26.9 Å². The van der Waals surface area contributed by atoms with Gasteiger partial charge in [0.05, 0.1) is 24.1 Å². The highest BCUT2D eigenvalue weighted by Gasteiger charge is 2.13. The highest BCUT2D eigenvalue weighted by atomic mass is 79.9. The average molecular weight is 580 g/mol. The first-order chi connectivity index (χ1) is 13.4. The number of hydrogen-bond donors (Lipinski definition) is 1. The Hall–Kier alpha value is -1.63. The minimum atomic E-state index is 0. The van der Waals surface area contributed by atoms with Crippen LogP contribution in [0.15, 0.2) is 69.6 Å². The molecule has 0 atom stereocenters. The molecule has 1 heterocycles. The van der Waals surface area contributed by atoms with Crippen LogP contribution in [-0.4, -0.2) is 9.13 Å². The molecular formula is C23H22Br3N3. The third-order valence-corrected chi connectivity index (χ3v) is 6.53. The number of nitrogens with one attached hydrogen (secondary N) is 1. The van der Waals surface area contributed by atoms with E-state index in [4.69, 9.17) is 5.41 Å². The van der Waals surface area contributed by atoms with Crippen molar-refractivity contribution in [2.75, 3.05) is 0 Å². The molecule has 1 N–H and O–H groups in total. The van der Waals surface area contributed by atoms with Crippen LogP contribution in [0.4, 0.5) is 0 Å². The largest absolute Gasteiger partial charge is 0.306 e. The number of benzene rings is 3. The van der Waals surface area contributed by atoms with Crippen molar-refractivity contribution in [1.82, 2.24) is 9.13 Å². The molecule has 4 rings (SSSR count). The van der Waals surface area contributed by atoms with E-state index in [1.165, 1.54) is 22.3 Å². The van der Waals surface area contributed by atoms with Crippen LogP contribution in [0.3, 0.4) is 0 Å². The van der Waals surface area contributed by atoms with Gasteiger partial charge in [0.25, 0.3) is 0 Å². The summed E-state index contributed by atoms with van der Waals surface area (Å²) in [5, 5.41) is 8.89. The molecule has 0 aliphatic rings. The summed E-state index contributed by atoms with van der Waals surface area (Å²) in [7, 11) is 0. The summed E-state index contributed by atoms with van der Waals surface area (Å²) < 4.78 is 6.31. The van der Waals surface area contributed by atoms with Crippen LogP contribution in [0.5, 0.6) is 0 Å². The van der Waals surface area contributed by atoms with E-state index in [9.17, 15) is 0 Å². The molecular weight excluding hydrogens is 558 g/mol. The Balaban J connectivity index is 0.00000240. The van der Waals surface area contributed by atoms with Gasteiger partial charge in [-0.05, 0) is 60.4 Å². The fraction of sp³-hybridized carbons (Fsp3) is 0.174. The second kappa shape index (κ2) is 9.02. The monoisotopic (exact) mass is 577 g/mol. The zero-order valence-electron chi connectivity index (χ0n) is 16.2. The van der Waals surface area contributed by atoms with Crippen LogP contribution >= 0.6 is 48.8 Å². The molecule has 4 aromatic rings. The molecule has 0 aliphatic heterocycles. The SMILES string of the molecule is Br.Cc1ccc(Cn2c(=N)n(Cc3ccc(C)cc3Br)c3ccccc32)c(Br)c1. The van der Waals surface area contributed by atoms with Gasteiger partial charge in [0.15, 0.2) is 0 Å². The fourth-order valence-electron chi connectivity index (χ4n) is 3.52. The van der Waals surface area contributed by atoms with E-state index in [1.807, 2.05) is 12.1 Å². The molecule has 0 spiro atoms. The lowest BCUT2D eigenvalue weighted by Crippen LogP contribution is -2.25. The van der Waals surface area contributed by atoms with E-state index in [0.29, 0.717) is 18.7 Å². The number of hydrogen-bond acceptors (Lipinski definition) is 1. The molecule has 0 unspecified atom stereocenters.